The number of carbonyl (C=O) groups excluding carboxylic acids is 1. The van der Waals surface area contributed by atoms with E-state index in [1.807, 2.05) is 0 Å². The molecule has 0 aromatic carbocycles. The summed E-state index contributed by atoms with van der Waals surface area (Å²) in [7, 11) is 0. The zero-order valence-electron chi connectivity index (χ0n) is 10.0. The van der Waals surface area contributed by atoms with Crippen LogP contribution in [0.2, 0.25) is 0 Å². The highest BCUT2D eigenvalue weighted by Crippen LogP contribution is 2.34. The molecule has 1 aromatic rings. The molecule has 2 aliphatic carbocycles. The van der Waals surface area contributed by atoms with E-state index in [1.165, 1.54) is 19.3 Å². The highest BCUT2D eigenvalue weighted by Gasteiger charge is 2.27. The second kappa shape index (κ2) is 4.59. The lowest BCUT2D eigenvalue weighted by molar-refractivity contribution is -0.124. The summed E-state index contributed by atoms with van der Waals surface area (Å²) in [6.07, 6.45) is 8.21. The smallest absolute Gasteiger partial charge is 0.227 e. The van der Waals surface area contributed by atoms with Gasteiger partial charge in [0.05, 0.1) is 0 Å². The Morgan fingerprint density at radius 3 is 2.76 bits per heavy atom. The molecule has 3 rings (SSSR count). The Hall–Kier alpha value is -1.19. The predicted octanol–water partition coefficient (Wildman–Crippen LogP) is 2.64. The predicted molar refractivity (Wildman–Crippen MR) is 61.6 cm³/mol. The lowest BCUT2D eigenvalue weighted by Gasteiger charge is -2.21. The first-order chi connectivity index (χ1) is 8.33. The van der Waals surface area contributed by atoms with Crippen LogP contribution in [0, 0.1) is 5.92 Å². The summed E-state index contributed by atoms with van der Waals surface area (Å²) >= 11 is 0. The van der Waals surface area contributed by atoms with Gasteiger partial charge in [0.25, 0.3) is 0 Å². The first-order valence-electron chi connectivity index (χ1n) is 6.68. The molecule has 17 heavy (non-hydrogen) atoms. The third-order valence-electron chi connectivity index (χ3n) is 4.06. The Morgan fingerprint density at radius 1 is 1.18 bits per heavy atom. The van der Waals surface area contributed by atoms with E-state index in [-0.39, 0.29) is 5.92 Å². The summed E-state index contributed by atoms with van der Waals surface area (Å²) < 4.78 is 5.26. The van der Waals surface area contributed by atoms with Gasteiger partial charge in [-0.05, 0) is 25.7 Å². The van der Waals surface area contributed by atoms with E-state index in [0.29, 0.717) is 24.0 Å². The van der Waals surface area contributed by atoms with Gasteiger partial charge in [-0.25, -0.2) is 0 Å². The zero-order valence-corrected chi connectivity index (χ0v) is 10.0. The fourth-order valence-electron chi connectivity index (χ4n) is 2.66. The summed E-state index contributed by atoms with van der Waals surface area (Å²) in [6, 6.07) is 0. The molecule has 0 bridgehead atoms. The quantitative estimate of drug-likeness (QED) is 0.806. The third kappa shape index (κ3) is 2.26. The van der Waals surface area contributed by atoms with Crippen LogP contribution >= 0.6 is 0 Å². The lowest BCUT2D eigenvalue weighted by atomic mass is 9.84. The maximum absolute atomic E-state index is 11.7. The van der Waals surface area contributed by atoms with Crippen molar-refractivity contribution in [2.75, 3.05) is 0 Å². The topological polar surface area (TPSA) is 56.0 Å². The monoisotopic (exact) mass is 234 g/mol. The highest BCUT2D eigenvalue weighted by molar-refractivity contribution is 5.81. The van der Waals surface area contributed by atoms with Crippen molar-refractivity contribution in [2.45, 2.75) is 57.3 Å². The van der Waals surface area contributed by atoms with Gasteiger partial charge < -0.3 is 4.52 Å². The van der Waals surface area contributed by atoms with Crippen LogP contribution in [0.3, 0.4) is 0 Å². The average molecular weight is 234 g/mol. The van der Waals surface area contributed by atoms with E-state index in [1.54, 1.807) is 0 Å². The second-order valence-electron chi connectivity index (χ2n) is 5.29. The minimum Gasteiger partial charge on any atom is -0.339 e. The van der Waals surface area contributed by atoms with Crippen LogP contribution in [0.15, 0.2) is 4.52 Å². The van der Waals surface area contributed by atoms with Crippen molar-refractivity contribution in [2.24, 2.45) is 5.92 Å². The number of ketones is 1. The summed E-state index contributed by atoms with van der Waals surface area (Å²) in [6.45, 7) is 0. The molecule has 0 saturated heterocycles. The third-order valence-corrected chi connectivity index (χ3v) is 4.06. The van der Waals surface area contributed by atoms with Crippen LogP contribution in [-0.2, 0) is 11.2 Å². The van der Waals surface area contributed by atoms with E-state index in [2.05, 4.69) is 10.1 Å². The number of hydrogen-bond donors (Lipinski definition) is 0. The van der Waals surface area contributed by atoms with Gasteiger partial charge in [-0.15, -0.1) is 0 Å². The molecule has 0 N–H and O–H groups in total. The first kappa shape index (κ1) is 10.9. The van der Waals surface area contributed by atoms with Crippen molar-refractivity contribution >= 4 is 5.78 Å². The normalized spacial score (nSPS) is 25.9. The molecular formula is C13H18N2O2. The van der Waals surface area contributed by atoms with Gasteiger partial charge in [0.1, 0.15) is 5.78 Å². The lowest BCUT2D eigenvalue weighted by Crippen LogP contribution is -2.21. The standard InChI is InChI=1S/C13H18N2O2/c16-11-7-2-1-4-10(11)8-12-14-13(15-17-12)9-5-3-6-9/h9-10H,1-8H2. The largest absolute Gasteiger partial charge is 0.339 e. The van der Waals surface area contributed by atoms with Gasteiger partial charge in [0, 0.05) is 24.7 Å². The Balaban J connectivity index is 1.63. The molecule has 92 valence electrons. The maximum Gasteiger partial charge on any atom is 0.227 e. The van der Waals surface area contributed by atoms with E-state index < -0.39 is 0 Å². The Morgan fingerprint density at radius 2 is 2.06 bits per heavy atom. The van der Waals surface area contributed by atoms with Gasteiger partial charge in [-0.1, -0.05) is 18.0 Å². The van der Waals surface area contributed by atoms with Crippen LogP contribution in [0.25, 0.3) is 0 Å². The van der Waals surface area contributed by atoms with Crippen LogP contribution in [-0.4, -0.2) is 15.9 Å². The minimum absolute atomic E-state index is 0.124. The highest BCUT2D eigenvalue weighted by atomic mass is 16.5. The Bertz CT molecular complexity index is 409. The molecule has 2 aliphatic rings. The van der Waals surface area contributed by atoms with Crippen molar-refractivity contribution in [3.8, 4) is 0 Å². The first-order valence-corrected chi connectivity index (χ1v) is 6.68. The van der Waals surface area contributed by atoms with Crippen molar-refractivity contribution in [3.63, 3.8) is 0 Å². The molecule has 1 atom stereocenters. The second-order valence-corrected chi connectivity index (χ2v) is 5.29. The Kier molecular flexibility index (Phi) is 2.95. The minimum atomic E-state index is 0.124. The number of hydrogen-bond acceptors (Lipinski definition) is 4. The Labute approximate surface area is 101 Å². The fraction of sp³-hybridized carbons (Fsp3) is 0.769. The molecule has 4 heteroatoms. The summed E-state index contributed by atoms with van der Waals surface area (Å²) in [4.78, 5) is 16.1. The van der Waals surface area contributed by atoms with Crippen LogP contribution in [0.5, 0.6) is 0 Å². The number of carbonyl (C=O) groups is 1. The van der Waals surface area contributed by atoms with Gasteiger partial charge in [0.2, 0.25) is 5.89 Å². The molecule has 1 aromatic heterocycles. The maximum atomic E-state index is 11.7. The fourth-order valence-corrected chi connectivity index (χ4v) is 2.66. The molecule has 1 heterocycles. The van der Waals surface area contributed by atoms with Gasteiger partial charge in [-0.2, -0.15) is 4.98 Å². The number of rotatable bonds is 3. The van der Waals surface area contributed by atoms with Crippen molar-refractivity contribution < 1.29 is 9.32 Å². The number of Topliss-reactive ketones (excluding diaryl/α,β-unsaturated/α-hetero) is 1. The van der Waals surface area contributed by atoms with Crippen molar-refractivity contribution in [3.05, 3.63) is 11.7 Å². The number of aromatic nitrogens is 2. The molecule has 0 aliphatic heterocycles. The summed E-state index contributed by atoms with van der Waals surface area (Å²) in [5, 5.41) is 4.03. The molecule has 2 fully saturated rings. The van der Waals surface area contributed by atoms with Gasteiger partial charge in [0.15, 0.2) is 5.82 Å². The van der Waals surface area contributed by atoms with Crippen molar-refractivity contribution in [1.82, 2.24) is 10.1 Å². The molecule has 0 amide bonds. The van der Waals surface area contributed by atoms with Gasteiger partial charge in [-0.3, -0.25) is 4.79 Å². The SMILES string of the molecule is O=C1CCCCC1Cc1nc(C2CCC2)no1. The van der Waals surface area contributed by atoms with Crippen LogP contribution in [0.4, 0.5) is 0 Å². The van der Waals surface area contributed by atoms with E-state index in [9.17, 15) is 4.79 Å². The number of nitrogens with zero attached hydrogens (tertiary/aromatic N) is 2. The molecule has 4 nitrogen and oxygen atoms in total. The van der Waals surface area contributed by atoms with Crippen LogP contribution in [0.1, 0.15) is 62.6 Å². The average Bonchev–Trinajstić information content (AvgIpc) is 2.67. The summed E-state index contributed by atoms with van der Waals surface area (Å²) in [5.74, 6) is 2.52. The molecular weight excluding hydrogens is 216 g/mol. The zero-order chi connectivity index (χ0) is 11.7. The molecule has 0 radical (unpaired) electrons. The molecule has 2 saturated carbocycles. The molecule has 1 unspecified atom stereocenters. The summed E-state index contributed by atoms with van der Waals surface area (Å²) in [5.41, 5.74) is 0. The van der Waals surface area contributed by atoms with E-state index in [4.69, 9.17) is 4.52 Å². The van der Waals surface area contributed by atoms with Crippen LogP contribution < -0.4 is 0 Å². The molecule has 0 spiro atoms. The van der Waals surface area contributed by atoms with Crippen molar-refractivity contribution in [1.29, 1.82) is 0 Å². The van der Waals surface area contributed by atoms with E-state index in [0.717, 1.165) is 31.5 Å². The van der Waals surface area contributed by atoms with Gasteiger partial charge >= 0.3 is 0 Å². The van der Waals surface area contributed by atoms with E-state index >= 15 is 0 Å².